The van der Waals surface area contributed by atoms with E-state index in [9.17, 15) is 0 Å². The molecular weight excluding hydrogens is 194 g/mol. The Labute approximate surface area is 101 Å². The van der Waals surface area contributed by atoms with Gasteiger partial charge in [-0.25, -0.2) is 0 Å². The molecule has 2 saturated carbocycles. The van der Waals surface area contributed by atoms with Crippen LogP contribution >= 0.6 is 0 Å². The highest BCUT2D eigenvalue weighted by Gasteiger charge is 2.24. The minimum Gasteiger partial charge on any atom is -0.314 e. The molecule has 0 saturated heterocycles. The molecule has 2 unspecified atom stereocenters. The van der Waals surface area contributed by atoms with E-state index in [1.54, 1.807) is 0 Å². The average molecular weight is 223 g/mol. The van der Waals surface area contributed by atoms with Gasteiger partial charge in [0.05, 0.1) is 0 Å². The lowest BCUT2D eigenvalue weighted by Crippen LogP contribution is -2.36. The summed E-state index contributed by atoms with van der Waals surface area (Å²) in [4.78, 5) is 0. The van der Waals surface area contributed by atoms with E-state index in [2.05, 4.69) is 19.2 Å². The highest BCUT2D eigenvalue weighted by atomic mass is 14.9. The van der Waals surface area contributed by atoms with Gasteiger partial charge in [-0.2, -0.15) is 0 Å². The van der Waals surface area contributed by atoms with Crippen LogP contribution in [0.3, 0.4) is 0 Å². The van der Waals surface area contributed by atoms with Gasteiger partial charge in [-0.1, -0.05) is 46.0 Å². The van der Waals surface area contributed by atoms with Crippen molar-refractivity contribution in [1.29, 1.82) is 0 Å². The van der Waals surface area contributed by atoms with Crippen molar-refractivity contribution in [2.75, 3.05) is 6.54 Å². The zero-order valence-corrected chi connectivity index (χ0v) is 11.2. The summed E-state index contributed by atoms with van der Waals surface area (Å²) in [5, 5.41) is 3.81. The van der Waals surface area contributed by atoms with Crippen LogP contribution in [0.15, 0.2) is 0 Å². The van der Waals surface area contributed by atoms with Crippen molar-refractivity contribution >= 4 is 0 Å². The summed E-state index contributed by atoms with van der Waals surface area (Å²) in [6, 6.07) is 0.834. The van der Waals surface area contributed by atoms with Crippen molar-refractivity contribution < 1.29 is 0 Å². The maximum atomic E-state index is 3.81. The standard InChI is InChI=1S/C15H29N/c1-12(2)14-7-4-8-15(11-14)16-10-9-13-5-3-6-13/h12-16H,3-11H2,1-2H3. The van der Waals surface area contributed by atoms with E-state index < -0.39 is 0 Å². The summed E-state index contributed by atoms with van der Waals surface area (Å²) in [5.74, 6) is 2.93. The monoisotopic (exact) mass is 223 g/mol. The van der Waals surface area contributed by atoms with E-state index in [0.29, 0.717) is 0 Å². The maximum Gasteiger partial charge on any atom is 0.00698 e. The van der Waals surface area contributed by atoms with Gasteiger partial charge in [0.25, 0.3) is 0 Å². The van der Waals surface area contributed by atoms with Gasteiger partial charge in [0.2, 0.25) is 0 Å². The fourth-order valence-electron chi connectivity index (χ4n) is 3.29. The third-order valence-corrected chi connectivity index (χ3v) is 4.87. The molecule has 0 aromatic heterocycles. The van der Waals surface area contributed by atoms with Crippen LogP contribution in [-0.4, -0.2) is 12.6 Å². The van der Waals surface area contributed by atoms with Gasteiger partial charge in [-0.3, -0.25) is 0 Å². The van der Waals surface area contributed by atoms with Crippen LogP contribution in [0, 0.1) is 17.8 Å². The number of rotatable bonds is 5. The molecule has 2 atom stereocenters. The van der Waals surface area contributed by atoms with E-state index in [0.717, 1.165) is 23.8 Å². The molecule has 2 aliphatic carbocycles. The Morgan fingerprint density at radius 3 is 2.44 bits per heavy atom. The van der Waals surface area contributed by atoms with Gasteiger partial charge in [0.15, 0.2) is 0 Å². The Bertz CT molecular complexity index is 196. The molecule has 0 heterocycles. The van der Waals surface area contributed by atoms with E-state index in [4.69, 9.17) is 0 Å². The Hall–Kier alpha value is -0.0400. The summed E-state index contributed by atoms with van der Waals surface area (Å²) < 4.78 is 0. The molecule has 16 heavy (non-hydrogen) atoms. The molecule has 0 spiro atoms. The third-order valence-electron chi connectivity index (χ3n) is 4.87. The Morgan fingerprint density at radius 2 is 1.81 bits per heavy atom. The second-order valence-electron chi connectivity index (χ2n) is 6.41. The Kier molecular flexibility index (Phi) is 4.69. The molecule has 0 aromatic rings. The molecule has 2 rings (SSSR count). The summed E-state index contributed by atoms with van der Waals surface area (Å²) in [7, 11) is 0. The summed E-state index contributed by atoms with van der Waals surface area (Å²) in [5.41, 5.74) is 0. The van der Waals surface area contributed by atoms with Gasteiger partial charge >= 0.3 is 0 Å². The Morgan fingerprint density at radius 1 is 1.06 bits per heavy atom. The fraction of sp³-hybridized carbons (Fsp3) is 1.00. The predicted octanol–water partition coefficient (Wildman–Crippen LogP) is 3.98. The van der Waals surface area contributed by atoms with Gasteiger partial charge in [-0.15, -0.1) is 0 Å². The molecule has 0 aliphatic heterocycles. The molecule has 0 bridgehead atoms. The minimum atomic E-state index is 0.834. The highest BCUT2D eigenvalue weighted by Crippen LogP contribution is 2.31. The summed E-state index contributed by atoms with van der Waals surface area (Å²) in [6.07, 6.45) is 11.7. The van der Waals surface area contributed by atoms with Crippen molar-refractivity contribution in [3.05, 3.63) is 0 Å². The van der Waals surface area contributed by atoms with E-state index in [1.165, 1.54) is 57.9 Å². The summed E-state index contributed by atoms with van der Waals surface area (Å²) in [6.45, 7) is 6.06. The van der Waals surface area contributed by atoms with Crippen LogP contribution in [-0.2, 0) is 0 Å². The minimum absolute atomic E-state index is 0.834. The molecule has 0 amide bonds. The molecule has 1 heteroatoms. The zero-order chi connectivity index (χ0) is 11.4. The van der Waals surface area contributed by atoms with Gasteiger partial charge < -0.3 is 5.32 Å². The van der Waals surface area contributed by atoms with Crippen LogP contribution in [0.5, 0.6) is 0 Å². The SMILES string of the molecule is CC(C)C1CCCC(NCCC2CCC2)C1. The van der Waals surface area contributed by atoms with E-state index >= 15 is 0 Å². The molecule has 1 nitrogen and oxygen atoms in total. The third kappa shape index (κ3) is 3.48. The molecule has 2 aliphatic rings. The van der Waals surface area contributed by atoms with Crippen molar-refractivity contribution in [1.82, 2.24) is 5.32 Å². The van der Waals surface area contributed by atoms with Crippen molar-refractivity contribution in [2.45, 2.75) is 71.3 Å². The lowest BCUT2D eigenvalue weighted by molar-refractivity contribution is 0.222. The van der Waals surface area contributed by atoms with Gasteiger partial charge in [0.1, 0.15) is 0 Å². The van der Waals surface area contributed by atoms with Gasteiger partial charge in [-0.05, 0) is 43.6 Å². The number of hydrogen-bond acceptors (Lipinski definition) is 1. The van der Waals surface area contributed by atoms with E-state index in [1.807, 2.05) is 0 Å². The first-order valence-corrected chi connectivity index (χ1v) is 7.49. The molecule has 1 N–H and O–H groups in total. The lowest BCUT2D eigenvalue weighted by atomic mass is 9.79. The average Bonchev–Trinajstić information content (AvgIpc) is 2.22. The molecule has 2 fully saturated rings. The van der Waals surface area contributed by atoms with Crippen molar-refractivity contribution in [2.24, 2.45) is 17.8 Å². The molecular formula is C15H29N. The second-order valence-corrected chi connectivity index (χ2v) is 6.41. The Balaban J connectivity index is 1.60. The smallest absolute Gasteiger partial charge is 0.00698 e. The van der Waals surface area contributed by atoms with Crippen LogP contribution in [0.4, 0.5) is 0 Å². The second kappa shape index (κ2) is 6.05. The maximum absolute atomic E-state index is 3.81. The van der Waals surface area contributed by atoms with Crippen LogP contribution < -0.4 is 5.32 Å². The van der Waals surface area contributed by atoms with Crippen LogP contribution in [0.2, 0.25) is 0 Å². The molecule has 0 radical (unpaired) electrons. The quantitative estimate of drug-likeness (QED) is 0.743. The molecule has 94 valence electrons. The van der Waals surface area contributed by atoms with Crippen molar-refractivity contribution in [3.63, 3.8) is 0 Å². The van der Waals surface area contributed by atoms with E-state index in [-0.39, 0.29) is 0 Å². The van der Waals surface area contributed by atoms with Crippen LogP contribution in [0.25, 0.3) is 0 Å². The summed E-state index contributed by atoms with van der Waals surface area (Å²) >= 11 is 0. The first-order valence-electron chi connectivity index (χ1n) is 7.49. The first kappa shape index (κ1) is 12.4. The van der Waals surface area contributed by atoms with Crippen LogP contribution in [0.1, 0.15) is 65.2 Å². The van der Waals surface area contributed by atoms with Gasteiger partial charge in [0, 0.05) is 6.04 Å². The normalized spacial score (nSPS) is 31.7. The largest absolute Gasteiger partial charge is 0.314 e. The number of nitrogens with one attached hydrogen (secondary N) is 1. The number of hydrogen-bond donors (Lipinski definition) is 1. The molecule has 0 aromatic carbocycles. The lowest BCUT2D eigenvalue weighted by Gasteiger charge is -2.33. The fourth-order valence-corrected chi connectivity index (χ4v) is 3.29. The highest BCUT2D eigenvalue weighted by molar-refractivity contribution is 4.80. The van der Waals surface area contributed by atoms with Crippen molar-refractivity contribution in [3.8, 4) is 0 Å². The zero-order valence-electron chi connectivity index (χ0n) is 11.2. The topological polar surface area (TPSA) is 12.0 Å². The predicted molar refractivity (Wildman–Crippen MR) is 70.5 cm³/mol. The first-order chi connectivity index (χ1) is 7.75.